The molecule has 3 aromatic rings. The lowest BCUT2D eigenvalue weighted by Crippen LogP contribution is -2.34. The molecule has 10 nitrogen and oxygen atoms in total. The summed E-state index contributed by atoms with van der Waals surface area (Å²) in [5, 5.41) is 9.72. The molecule has 1 aliphatic rings. The van der Waals surface area contributed by atoms with Crippen LogP contribution in [0, 0.1) is 17.1 Å². The lowest BCUT2D eigenvalue weighted by molar-refractivity contribution is 0.155. The van der Waals surface area contributed by atoms with Crippen LogP contribution in [0.15, 0.2) is 41.5 Å². The first-order chi connectivity index (χ1) is 15.7. The first-order valence-corrected chi connectivity index (χ1v) is 11.1. The molecule has 0 spiro atoms. The summed E-state index contributed by atoms with van der Waals surface area (Å²) in [6, 6.07) is 7.90. The van der Waals surface area contributed by atoms with Crippen LogP contribution in [0.2, 0.25) is 0 Å². The Morgan fingerprint density at radius 1 is 1.30 bits per heavy atom. The highest BCUT2D eigenvalue weighted by Crippen LogP contribution is 2.34. The van der Waals surface area contributed by atoms with E-state index in [4.69, 9.17) is 9.57 Å². The van der Waals surface area contributed by atoms with Crippen molar-refractivity contribution in [1.29, 1.82) is 5.26 Å². The van der Waals surface area contributed by atoms with E-state index in [1.807, 2.05) is 0 Å². The van der Waals surface area contributed by atoms with Gasteiger partial charge in [-0.25, -0.2) is 13.8 Å². The lowest BCUT2D eigenvalue weighted by Gasteiger charge is -2.18. The molecule has 1 fully saturated rings. The van der Waals surface area contributed by atoms with Crippen molar-refractivity contribution in [3.05, 3.63) is 58.4 Å². The number of alkyl halides is 1. The number of nitrogens with zero attached hydrogens (tertiary/aromatic N) is 4. The largest absolute Gasteiger partial charge is 0.453 e. The van der Waals surface area contributed by atoms with Crippen molar-refractivity contribution in [2.24, 2.45) is 0 Å². The number of halogens is 2. The second-order valence-electron chi connectivity index (χ2n) is 7.10. The number of aromatic nitrogens is 2. The number of rotatable bonds is 6. The molecule has 0 radical (unpaired) electrons. The van der Waals surface area contributed by atoms with Crippen LogP contribution in [0.1, 0.15) is 12.0 Å². The second kappa shape index (κ2) is 8.64. The molecular weight excluding hydrogens is 460 g/mol. The van der Waals surface area contributed by atoms with Crippen LogP contribution in [-0.2, 0) is 10.2 Å². The first kappa shape index (κ1) is 22.4. The molecule has 1 N–H and O–H groups in total. The Kier molecular flexibility index (Phi) is 5.88. The van der Waals surface area contributed by atoms with Gasteiger partial charge in [0, 0.05) is 13.1 Å². The standard InChI is InChI=1S/C20H17F2N5O5S/c1-31-27-11-24-17-4-2-13(8-14(17)20(27)28)32-19-15(9-23)18(5-3-16(19)22)25-33(29,30)26-7-6-12(21)10-26/h2-5,8,11-12,25H,6-7,10H2,1H3/t12-/m0/s1. The van der Waals surface area contributed by atoms with Crippen LogP contribution in [-0.4, -0.2) is 48.8 Å². The third-order valence-electron chi connectivity index (χ3n) is 5.01. The Hall–Kier alpha value is -3.76. The topological polar surface area (TPSA) is 127 Å². The number of ether oxygens (including phenoxy) is 1. The Morgan fingerprint density at radius 2 is 2.09 bits per heavy atom. The number of benzene rings is 2. The third-order valence-corrected chi connectivity index (χ3v) is 6.50. The van der Waals surface area contributed by atoms with Gasteiger partial charge in [0.15, 0.2) is 11.6 Å². The fourth-order valence-electron chi connectivity index (χ4n) is 3.36. The summed E-state index contributed by atoms with van der Waals surface area (Å²) in [6.07, 6.45) is -0.0281. The predicted octanol–water partition coefficient (Wildman–Crippen LogP) is 1.96. The van der Waals surface area contributed by atoms with Gasteiger partial charge in [-0.2, -0.15) is 18.0 Å². The summed E-state index contributed by atoms with van der Waals surface area (Å²) in [4.78, 5) is 21.4. The van der Waals surface area contributed by atoms with Crippen molar-refractivity contribution in [3.8, 4) is 17.6 Å². The summed E-state index contributed by atoms with van der Waals surface area (Å²) in [7, 11) is -2.89. The van der Waals surface area contributed by atoms with Crippen LogP contribution >= 0.6 is 0 Å². The van der Waals surface area contributed by atoms with Crippen molar-refractivity contribution in [1.82, 2.24) is 14.0 Å². The minimum absolute atomic E-state index is 0.00507. The van der Waals surface area contributed by atoms with E-state index in [0.717, 1.165) is 21.2 Å². The minimum Gasteiger partial charge on any atom is -0.453 e. The molecule has 0 aliphatic carbocycles. The van der Waals surface area contributed by atoms with E-state index >= 15 is 0 Å². The lowest BCUT2D eigenvalue weighted by atomic mass is 10.1. The van der Waals surface area contributed by atoms with E-state index in [1.165, 1.54) is 31.6 Å². The summed E-state index contributed by atoms with van der Waals surface area (Å²) >= 11 is 0. The first-order valence-electron chi connectivity index (χ1n) is 9.62. The number of nitrogens with one attached hydrogen (secondary N) is 1. The molecule has 13 heteroatoms. The minimum atomic E-state index is -4.18. The van der Waals surface area contributed by atoms with Gasteiger partial charge in [0.25, 0.3) is 5.56 Å². The molecule has 0 saturated carbocycles. The fraction of sp³-hybridized carbons (Fsp3) is 0.250. The van der Waals surface area contributed by atoms with E-state index in [2.05, 4.69) is 9.71 Å². The molecule has 2 aromatic carbocycles. The molecule has 1 aromatic heterocycles. The maximum absolute atomic E-state index is 14.6. The third kappa shape index (κ3) is 4.30. The van der Waals surface area contributed by atoms with Gasteiger partial charge in [-0.15, -0.1) is 4.73 Å². The van der Waals surface area contributed by atoms with Gasteiger partial charge in [0.1, 0.15) is 37.0 Å². The molecule has 1 saturated heterocycles. The normalized spacial score (nSPS) is 16.5. The molecule has 1 aliphatic heterocycles. The van der Waals surface area contributed by atoms with Crippen molar-refractivity contribution < 1.29 is 26.8 Å². The Balaban J connectivity index is 1.71. The van der Waals surface area contributed by atoms with Gasteiger partial charge in [-0.1, -0.05) is 0 Å². The molecule has 0 unspecified atom stereocenters. The van der Waals surface area contributed by atoms with Gasteiger partial charge in [0.2, 0.25) is 0 Å². The summed E-state index contributed by atoms with van der Waals surface area (Å²) in [5.74, 6) is -1.47. The van der Waals surface area contributed by atoms with Crippen LogP contribution in [0.5, 0.6) is 11.5 Å². The predicted molar refractivity (Wildman–Crippen MR) is 113 cm³/mol. The maximum atomic E-state index is 14.6. The summed E-state index contributed by atoms with van der Waals surface area (Å²) < 4.78 is 62.7. The van der Waals surface area contributed by atoms with E-state index in [1.54, 1.807) is 6.07 Å². The van der Waals surface area contributed by atoms with Crippen LogP contribution in [0.4, 0.5) is 14.5 Å². The molecule has 1 atom stereocenters. The molecule has 4 rings (SSSR count). The van der Waals surface area contributed by atoms with Gasteiger partial charge in [-0.3, -0.25) is 9.52 Å². The number of anilines is 1. The van der Waals surface area contributed by atoms with Crippen molar-refractivity contribution in [2.75, 3.05) is 24.9 Å². The molecule has 172 valence electrons. The molecular formula is C20H17F2N5O5S. The van der Waals surface area contributed by atoms with E-state index in [9.17, 15) is 27.3 Å². The SMILES string of the molecule is COn1cnc2ccc(Oc3c(F)ccc(NS(=O)(=O)N4CC[C@H](F)C4)c3C#N)cc2c1=O. The smallest absolute Gasteiger partial charge is 0.301 e. The second-order valence-corrected chi connectivity index (χ2v) is 8.77. The Labute approximate surface area is 186 Å². The Bertz CT molecular complexity index is 1440. The number of nitriles is 1. The van der Waals surface area contributed by atoms with Crippen LogP contribution < -0.4 is 19.9 Å². The van der Waals surface area contributed by atoms with Crippen molar-refractivity contribution in [3.63, 3.8) is 0 Å². The zero-order valence-corrected chi connectivity index (χ0v) is 18.0. The quantitative estimate of drug-likeness (QED) is 0.575. The monoisotopic (exact) mass is 477 g/mol. The highest BCUT2D eigenvalue weighted by molar-refractivity contribution is 7.90. The van der Waals surface area contributed by atoms with Crippen LogP contribution in [0.25, 0.3) is 10.9 Å². The summed E-state index contributed by atoms with van der Waals surface area (Å²) in [6.45, 7) is -0.334. The highest BCUT2D eigenvalue weighted by atomic mass is 32.2. The van der Waals surface area contributed by atoms with Crippen molar-refractivity contribution >= 4 is 26.8 Å². The van der Waals surface area contributed by atoms with Gasteiger partial charge in [0.05, 0.1) is 16.6 Å². The zero-order chi connectivity index (χ0) is 23.8. The van der Waals surface area contributed by atoms with Crippen molar-refractivity contribution in [2.45, 2.75) is 12.6 Å². The fourth-order valence-corrected chi connectivity index (χ4v) is 4.64. The maximum Gasteiger partial charge on any atom is 0.301 e. The molecule has 33 heavy (non-hydrogen) atoms. The number of hydrogen-bond donors (Lipinski definition) is 1. The zero-order valence-electron chi connectivity index (χ0n) is 17.2. The van der Waals surface area contributed by atoms with E-state index < -0.39 is 39.1 Å². The average Bonchev–Trinajstić information content (AvgIpc) is 3.24. The number of fused-ring (bicyclic) bond motifs is 1. The number of hydrogen-bond acceptors (Lipinski definition) is 7. The van der Waals surface area contributed by atoms with Gasteiger partial charge < -0.3 is 9.57 Å². The highest BCUT2D eigenvalue weighted by Gasteiger charge is 2.32. The summed E-state index contributed by atoms with van der Waals surface area (Å²) in [5.41, 5.74) is -0.859. The average molecular weight is 477 g/mol. The molecule has 2 heterocycles. The van der Waals surface area contributed by atoms with Gasteiger partial charge >= 0.3 is 10.2 Å². The Morgan fingerprint density at radius 3 is 2.76 bits per heavy atom. The molecule has 0 bridgehead atoms. The molecule has 0 amide bonds. The van der Waals surface area contributed by atoms with E-state index in [-0.39, 0.29) is 36.3 Å². The van der Waals surface area contributed by atoms with Gasteiger partial charge in [-0.05, 0) is 36.8 Å². The van der Waals surface area contributed by atoms with Crippen LogP contribution in [0.3, 0.4) is 0 Å². The van der Waals surface area contributed by atoms with E-state index in [0.29, 0.717) is 5.52 Å².